The SMILES string of the molecule is CCCCOc1ccc(Nc2nc(C(N)COCc3ccccc3)cs2)nn1. The average molecular weight is 400 g/mol. The zero-order valence-corrected chi connectivity index (χ0v) is 16.7. The van der Waals surface area contributed by atoms with Gasteiger partial charge in [-0.2, -0.15) is 0 Å². The minimum atomic E-state index is -0.282. The van der Waals surface area contributed by atoms with E-state index in [2.05, 4.69) is 27.4 Å². The molecule has 0 amide bonds. The molecule has 7 nitrogen and oxygen atoms in total. The molecule has 0 aliphatic carbocycles. The van der Waals surface area contributed by atoms with E-state index in [0.717, 1.165) is 24.1 Å². The molecular formula is C20H25N5O2S. The van der Waals surface area contributed by atoms with Gasteiger partial charge < -0.3 is 20.5 Å². The Labute approximate surface area is 168 Å². The van der Waals surface area contributed by atoms with Crippen LogP contribution in [0.25, 0.3) is 0 Å². The van der Waals surface area contributed by atoms with Crippen LogP contribution in [0, 0.1) is 0 Å². The second-order valence-electron chi connectivity index (χ2n) is 6.27. The van der Waals surface area contributed by atoms with Crippen LogP contribution in [0.1, 0.15) is 37.1 Å². The normalized spacial score (nSPS) is 11.9. The fourth-order valence-electron chi connectivity index (χ4n) is 2.37. The molecule has 0 radical (unpaired) electrons. The van der Waals surface area contributed by atoms with Crippen molar-refractivity contribution in [1.82, 2.24) is 15.2 Å². The van der Waals surface area contributed by atoms with Crippen molar-refractivity contribution in [2.75, 3.05) is 18.5 Å². The lowest BCUT2D eigenvalue weighted by Crippen LogP contribution is -2.17. The van der Waals surface area contributed by atoms with Crippen LogP contribution < -0.4 is 15.8 Å². The highest BCUT2D eigenvalue weighted by Crippen LogP contribution is 2.23. The van der Waals surface area contributed by atoms with Crippen LogP contribution in [0.2, 0.25) is 0 Å². The number of nitrogens with two attached hydrogens (primary N) is 1. The zero-order valence-electron chi connectivity index (χ0n) is 15.9. The van der Waals surface area contributed by atoms with Gasteiger partial charge >= 0.3 is 0 Å². The number of rotatable bonds is 11. The Hall–Kier alpha value is -2.55. The van der Waals surface area contributed by atoms with E-state index in [0.29, 0.717) is 36.7 Å². The fraction of sp³-hybridized carbons (Fsp3) is 0.350. The number of nitrogens with one attached hydrogen (secondary N) is 1. The summed E-state index contributed by atoms with van der Waals surface area (Å²) < 4.78 is 11.2. The molecule has 0 aliphatic heterocycles. The highest BCUT2D eigenvalue weighted by Gasteiger charge is 2.12. The Morgan fingerprint density at radius 1 is 1.14 bits per heavy atom. The maximum absolute atomic E-state index is 6.19. The van der Waals surface area contributed by atoms with E-state index in [1.807, 2.05) is 41.8 Å². The van der Waals surface area contributed by atoms with Gasteiger partial charge in [0.25, 0.3) is 0 Å². The first-order valence-corrected chi connectivity index (χ1v) is 10.2. The Kier molecular flexibility index (Phi) is 7.71. The average Bonchev–Trinajstić information content (AvgIpc) is 3.19. The molecule has 3 aromatic rings. The van der Waals surface area contributed by atoms with Crippen LogP contribution in [0.5, 0.6) is 5.88 Å². The maximum atomic E-state index is 6.19. The van der Waals surface area contributed by atoms with Gasteiger partial charge in [0.2, 0.25) is 5.88 Å². The number of unbranched alkanes of at least 4 members (excludes halogenated alkanes) is 1. The smallest absolute Gasteiger partial charge is 0.233 e. The minimum Gasteiger partial charge on any atom is -0.477 e. The molecule has 148 valence electrons. The van der Waals surface area contributed by atoms with Gasteiger partial charge in [0.1, 0.15) is 0 Å². The third-order valence-corrected chi connectivity index (χ3v) is 4.71. The summed E-state index contributed by atoms with van der Waals surface area (Å²) in [7, 11) is 0. The number of nitrogens with zero attached hydrogens (tertiary/aromatic N) is 3. The Morgan fingerprint density at radius 3 is 2.75 bits per heavy atom. The van der Waals surface area contributed by atoms with E-state index in [9.17, 15) is 0 Å². The van der Waals surface area contributed by atoms with Crippen LogP contribution in [-0.2, 0) is 11.3 Å². The molecule has 3 rings (SSSR count). The highest BCUT2D eigenvalue weighted by atomic mass is 32.1. The van der Waals surface area contributed by atoms with Gasteiger partial charge in [-0.05, 0) is 18.1 Å². The molecule has 1 atom stereocenters. The van der Waals surface area contributed by atoms with Crippen molar-refractivity contribution < 1.29 is 9.47 Å². The number of hydrogen-bond donors (Lipinski definition) is 2. The number of ether oxygens (including phenoxy) is 2. The summed E-state index contributed by atoms with van der Waals surface area (Å²) in [6, 6.07) is 13.3. The van der Waals surface area contributed by atoms with E-state index in [1.165, 1.54) is 11.3 Å². The number of thiazole rings is 1. The standard InChI is InChI=1S/C20H25N5O2S/c1-2-3-11-27-19-10-9-18(24-25-19)23-20-22-17(14-28-20)16(21)13-26-12-15-7-5-4-6-8-15/h4-10,14,16H,2-3,11-13,21H2,1H3,(H,22,23,24). The van der Waals surface area contributed by atoms with Crippen molar-refractivity contribution in [3.8, 4) is 5.88 Å². The molecule has 0 fully saturated rings. The molecule has 3 N–H and O–H groups in total. The Balaban J connectivity index is 1.46. The minimum absolute atomic E-state index is 0.282. The summed E-state index contributed by atoms with van der Waals surface area (Å²) >= 11 is 1.47. The van der Waals surface area contributed by atoms with E-state index in [1.54, 1.807) is 6.07 Å². The van der Waals surface area contributed by atoms with Gasteiger partial charge in [-0.15, -0.1) is 21.5 Å². The fourth-order valence-corrected chi connectivity index (χ4v) is 3.15. The predicted molar refractivity (Wildman–Crippen MR) is 111 cm³/mol. The van der Waals surface area contributed by atoms with E-state index in [4.69, 9.17) is 15.2 Å². The van der Waals surface area contributed by atoms with Crippen molar-refractivity contribution >= 4 is 22.3 Å². The summed E-state index contributed by atoms with van der Waals surface area (Å²) in [5, 5.41) is 13.9. The van der Waals surface area contributed by atoms with Crippen molar-refractivity contribution in [3.63, 3.8) is 0 Å². The first kappa shape index (κ1) is 20.2. The lowest BCUT2D eigenvalue weighted by Gasteiger charge is -2.10. The molecule has 0 saturated carbocycles. The number of aromatic nitrogens is 3. The monoisotopic (exact) mass is 399 g/mol. The molecule has 2 aromatic heterocycles. The molecule has 2 heterocycles. The number of hydrogen-bond acceptors (Lipinski definition) is 8. The summed E-state index contributed by atoms with van der Waals surface area (Å²) in [5.41, 5.74) is 8.10. The second kappa shape index (κ2) is 10.7. The molecule has 0 aliphatic rings. The first-order valence-electron chi connectivity index (χ1n) is 9.31. The largest absolute Gasteiger partial charge is 0.477 e. The highest BCUT2D eigenvalue weighted by molar-refractivity contribution is 7.13. The zero-order chi connectivity index (χ0) is 19.6. The second-order valence-corrected chi connectivity index (χ2v) is 7.13. The van der Waals surface area contributed by atoms with Crippen LogP contribution in [0.3, 0.4) is 0 Å². The van der Waals surface area contributed by atoms with Gasteiger partial charge in [-0.3, -0.25) is 0 Å². The molecule has 0 spiro atoms. The van der Waals surface area contributed by atoms with E-state index < -0.39 is 0 Å². The van der Waals surface area contributed by atoms with Gasteiger partial charge in [0.05, 0.1) is 31.6 Å². The summed E-state index contributed by atoms with van der Waals surface area (Å²) in [6.07, 6.45) is 2.08. The van der Waals surface area contributed by atoms with Crippen molar-refractivity contribution in [3.05, 3.63) is 59.1 Å². The van der Waals surface area contributed by atoms with E-state index >= 15 is 0 Å². The Morgan fingerprint density at radius 2 is 2.00 bits per heavy atom. The summed E-state index contributed by atoms with van der Waals surface area (Å²) in [4.78, 5) is 4.52. The molecule has 28 heavy (non-hydrogen) atoms. The first-order chi connectivity index (χ1) is 13.7. The molecular weight excluding hydrogens is 374 g/mol. The van der Waals surface area contributed by atoms with Gasteiger partial charge in [0.15, 0.2) is 10.9 Å². The van der Waals surface area contributed by atoms with Crippen LogP contribution >= 0.6 is 11.3 Å². The number of benzene rings is 1. The third kappa shape index (κ3) is 6.26. The molecule has 0 bridgehead atoms. The van der Waals surface area contributed by atoms with Crippen molar-refractivity contribution in [2.24, 2.45) is 5.73 Å². The van der Waals surface area contributed by atoms with Gasteiger partial charge in [0, 0.05) is 11.4 Å². The predicted octanol–water partition coefficient (Wildman–Crippen LogP) is 4.07. The molecule has 1 aromatic carbocycles. The molecule has 8 heteroatoms. The quantitative estimate of drug-likeness (QED) is 0.469. The third-order valence-electron chi connectivity index (χ3n) is 3.93. The van der Waals surface area contributed by atoms with Gasteiger partial charge in [-0.25, -0.2) is 4.98 Å². The van der Waals surface area contributed by atoms with Crippen LogP contribution in [-0.4, -0.2) is 28.4 Å². The summed E-state index contributed by atoms with van der Waals surface area (Å²) in [6.45, 7) is 3.71. The van der Waals surface area contributed by atoms with Crippen molar-refractivity contribution in [2.45, 2.75) is 32.4 Å². The van der Waals surface area contributed by atoms with Crippen molar-refractivity contribution in [1.29, 1.82) is 0 Å². The lowest BCUT2D eigenvalue weighted by atomic mass is 10.2. The summed E-state index contributed by atoms with van der Waals surface area (Å²) in [5.74, 6) is 1.13. The molecule has 1 unspecified atom stereocenters. The van der Waals surface area contributed by atoms with E-state index in [-0.39, 0.29) is 6.04 Å². The van der Waals surface area contributed by atoms with Crippen LogP contribution in [0.15, 0.2) is 47.8 Å². The van der Waals surface area contributed by atoms with Crippen LogP contribution in [0.4, 0.5) is 10.9 Å². The number of anilines is 2. The van der Waals surface area contributed by atoms with Gasteiger partial charge in [-0.1, -0.05) is 43.7 Å². The lowest BCUT2D eigenvalue weighted by molar-refractivity contribution is 0.107. The maximum Gasteiger partial charge on any atom is 0.233 e. The topological polar surface area (TPSA) is 95.2 Å². The molecule has 0 saturated heterocycles. The Bertz CT molecular complexity index is 826.